The zero-order valence-electron chi connectivity index (χ0n) is 13.2. The average Bonchev–Trinajstić information content (AvgIpc) is 3.22. The van der Waals surface area contributed by atoms with Crippen molar-refractivity contribution in [2.45, 2.75) is 37.8 Å². The molecule has 1 fully saturated rings. The quantitative estimate of drug-likeness (QED) is 0.717. The van der Waals surface area contributed by atoms with Crippen LogP contribution in [-0.2, 0) is 0 Å². The van der Waals surface area contributed by atoms with Gasteiger partial charge in [0.05, 0.1) is 22.4 Å². The van der Waals surface area contributed by atoms with E-state index < -0.39 is 5.66 Å². The smallest absolute Gasteiger partial charge is 0.262 e. The van der Waals surface area contributed by atoms with E-state index in [4.69, 9.17) is 5.73 Å². The summed E-state index contributed by atoms with van der Waals surface area (Å²) in [5.74, 6) is -0.0996. The fourth-order valence-corrected chi connectivity index (χ4v) is 4.01. The number of aromatic nitrogens is 3. The van der Waals surface area contributed by atoms with Crippen LogP contribution in [0.2, 0.25) is 0 Å². The third kappa shape index (κ3) is 2.81. The Bertz CT molecular complexity index is 878. The van der Waals surface area contributed by atoms with E-state index in [9.17, 15) is 4.79 Å². The first-order valence-corrected chi connectivity index (χ1v) is 9.02. The number of amides is 1. The van der Waals surface area contributed by atoms with Crippen LogP contribution >= 0.6 is 11.3 Å². The predicted octanol–water partition coefficient (Wildman–Crippen LogP) is 2.81. The molecule has 1 amide bonds. The number of carbonyl (C=O) groups is 1. The Morgan fingerprint density at radius 1 is 1.33 bits per heavy atom. The van der Waals surface area contributed by atoms with Gasteiger partial charge < -0.3 is 11.1 Å². The highest BCUT2D eigenvalue weighted by atomic mass is 32.1. The summed E-state index contributed by atoms with van der Waals surface area (Å²) in [6.45, 7) is 0. The van der Waals surface area contributed by atoms with Crippen molar-refractivity contribution in [2.75, 3.05) is 0 Å². The van der Waals surface area contributed by atoms with Gasteiger partial charge in [-0.2, -0.15) is 5.10 Å². The van der Waals surface area contributed by atoms with Crippen LogP contribution in [0, 0.1) is 0 Å². The van der Waals surface area contributed by atoms with Gasteiger partial charge in [0.25, 0.3) is 5.91 Å². The standard InChI is InChI=1S/C17H19N5OS/c18-17(6-2-1-3-7-17)21-16(23)14-9-12(11-24-14)13-10-19-15-5-4-8-20-22(13)15/h4-5,8-11H,1-3,6-7,18H2,(H,21,23). The maximum Gasteiger partial charge on any atom is 0.262 e. The minimum atomic E-state index is -0.565. The highest BCUT2D eigenvalue weighted by Gasteiger charge is 2.29. The molecule has 124 valence electrons. The molecule has 1 saturated carbocycles. The van der Waals surface area contributed by atoms with E-state index in [1.165, 1.54) is 17.8 Å². The van der Waals surface area contributed by atoms with Crippen LogP contribution in [0.4, 0.5) is 0 Å². The number of nitrogens with one attached hydrogen (secondary N) is 1. The molecule has 7 heteroatoms. The molecule has 0 bridgehead atoms. The van der Waals surface area contributed by atoms with Gasteiger partial charge in [-0.15, -0.1) is 11.3 Å². The summed E-state index contributed by atoms with van der Waals surface area (Å²) in [5, 5.41) is 9.29. The second-order valence-electron chi connectivity index (χ2n) is 6.31. The number of nitrogens with zero attached hydrogens (tertiary/aromatic N) is 3. The van der Waals surface area contributed by atoms with Crippen LogP contribution in [0.25, 0.3) is 16.9 Å². The van der Waals surface area contributed by atoms with Gasteiger partial charge in [-0.3, -0.25) is 4.79 Å². The van der Waals surface area contributed by atoms with Crippen LogP contribution < -0.4 is 11.1 Å². The predicted molar refractivity (Wildman–Crippen MR) is 93.8 cm³/mol. The van der Waals surface area contributed by atoms with E-state index in [1.807, 2.05) is 23.6 Å². The second kappa shape index (κ2) is 5.99. The molecule has 24 heavy (non-hydrogen) atoms. The summed E-state index contributed by atoms with van der Waals surface area (Å²) in [6, 6.07) is 5.63. The summed E-state index contributed by atoms with van der Waals surface area (Å²) in [6.07, 6.45) is 8.51. The van der Waals surface area contributed by atoms with Crippen molar-refractivity contribution < 1.29 is 4.79 Å². The minimum absolute atomic E-state index is 0.0996. The monoisotopic (exact) mass is 341 g/mol. The molecule has 3 aromatic heterocycles. The highest BCUT2D eigenvalue weighted by Crippen LogP contribution is 2.28. The molecule has 1 aliphatic carbocycles. The molecule has 1 aliphatic rings. The topological polar surface area (TPSA) is 85.3 Å². The van der Waals surface area contributed by atoms with Gasteiger partial charge in [-0.25, -0.2) is 9.50 Å². The summed E-state index contributed by atoms with van der Waals surface area (Å²) in [7, 11) is 0. The third-order valence-electron chi connectivity index (χ3n) is 4.51. The molecule has 6 nitrogen and oxygen atoms in total. The fraction of sp³-hybridized carbons (Fsp3) is 0.353. The van der Waals surface area contributed by atoms with Gasteiger partial charge in [0.2, 0.25) is 0 Å². The van der Waals surface area contributed by atoms with E-state index in [1.54, 1.807) is 16.9 Å². The molecular formula is C17H19N5OS. The molecule has 0 aromatic carbocycles. The van der Waals surface area contributed by atoms with E-state index in [0.29, 0.717) is 4.88 Å². The number of thiophene rings is 1. The van der Waals surface area contributed by atoms with Crippen molar-refractivity contribution in [1.82, 2.24) is 19.9 Å². The number of hydrogen-bond acceptors (Lipinski definition) is 5. The van der Waals surface area contributed by atoms with Crippen molar-refractivity contribution >= 4 is 22.9 Å². The minimum Gasteiger partial charge on any atom is -0.333 e. The molecule has 0 spiro atoms. The van der Waals surface area contributed by atoms with Crippen LogP contribution in [-0.4, -0.2) is 26.2 Å². The van der Waals surface area contributed by atoms with Crippen LogP contribution in [0.5, 0.6) is 0 Å². The lowest BCUT2D eigenvalue weighted by Crippen LogP contribution is -2.56. The highest BCUT2D eigenvalue weighted by molar-refractivity contribution is 7.12. The molecule has 0 aliphatic heterocycles. The average molecular weight is 341 g/mol. The van der Waals surface area contributed by atoms with Crippen LogP contribution in [0.1, 0.15) is 41.8 Å². The van der Waals surface area contributed by atoms with Gasteiger partial charge in [-0.1, -0.05) is 6.42 Å². The number of fused-ring (bicyclic) bond motifs is 1. The maximum absolute atomic E-state index is 12.5. The first-order valence-electron chi connectivity index (χ1n) is 8.14. The lowest BCUT2D eigenvalue weighted by atomic mass is 9.89. The molecule has 4 rings (SSSR count). The maximum atomic E-state index is 12.5. The number of carbonyl (C=O) groups excluding carboxylic acids is 1. The van der Waals surface area contributed by atoms with Gasteiger partial charge >= 0.3 is 0 Å². The van der Waals surface area contributed by atoms with Gasteiger partial charge in [0.15, 0.2) is 5.65 Å². The van der Waals surface area contributed by atoms with Crippen molar-refractivity contribution in [3.8, 4) is 11.3 Å². The van der Waals surface area contributed by atoms with E-state index in [0.717, 1.165) is 42.6 Å². The van der Waals surface area contributed by atoms with Crippen LogP contribution in [0.3, 0.4) is 0 Å². The molecule has 0 atom stereocenters. The largest absolute Gasteiger partial charge is 0.333 e. The molecule has 3 heterocycles. The first-order chi connectivity index (χ1) is 11.6. The summed E-state index contributed by atoms with van der Waals surface area (Å²) in [5.41, 5.74) is 8.35. The van der Waals surface area contributed by atoms with Gasteiger partial charge in [0.1, 0.15) is 0 Å². The number of rotatable bonds is 3. The Labute approximate surface area is 143 Å². The number of nitrogens with two attached hydrogens (primary N) is 1. The molecule has 0 saturated heterocycles. The molecule has 0 unspecified atom stereocenters. The Morgan fingerprint density at radius 3 is 3.00 bits per heavy atom. The summed E-state index contributed by atoms with van der Waals surface area (Å²) < 4.78 is 1.77. The molecule has 3 N–H and O–H groups in total. The zero-order valence-corrected chi connectivity index (χ0v) is 14.1. The summed E-state index contributed by atoms with van der Waals surface area (Å²) >= 11 is 1.42. The Hall–Kier alpha value is -2.25. The van der Waals surface area contributed by atoms with E-state index >= 15 is 0 Å². The van der Waals surface area contributed by atoms with Crippen molar-refractivity contribution in [2.24, 2.45) is 5.73 Å². The number of imidazole rings is 1. The fourth-order valence-electron chi connectivity index (χ4n) is 3.21. The molecule has 3 aromatic rings. The Morgan fingerprint density at radius 2 is 2.17 bits per heavy atom. The SMILES string of the molecule is NC1(NC(=O)c2cc(-c3cnc4cccnn34)cs2)CCCCC1. The molecular weight excluding hydrogens is 322 g/mol. The van der Waals surface area contributed by atoms with Crippen LogP contribution in [0.15, 0.2) is 36.0 Å². The van der Waals surface area contributed by atoms with Gasteiger partial charge in [-0.05, 0) is 43.9 Å². The first kappa shape index (κ1) is 15.3. The third-order valence-corrected chi connectivity index (χ3v) is 5.43. The summed E-state index contributed by atoms with van der Waals surface area (Å²) in [4.78, 5) is 17.5. The lowest BCUT2D eigenvalue weighted by Gasteiger charge is -2.34. The van der Waals surface area contributed by atoms with Gasteiger partial charge in [0, 0.05) is 17.1 Å². The normalized spacial score (nSPS) is 17.0. The molecule has 0 radical (unpaired) electrons. The van der Waals surface area contributed by atoms with Crippen molar-refractivity contribution in [3.05, 3.63) is 40.8 Å². The van der Waals surface area contributed by atoms with E-state index in [-0.39, 0.29) is 5.91 Å². The van der Waals surface area contributed by atoms with Crippen molar-refractivity contribution in [3.63, 3.8) is 0 Å². The van der Waals surface area contributed by atoms with Crippen molar-refractivity contribution in [1.29, 1.82) is 0 Å². The Balaban J connectivity index is 1.57. The lowest BCUT2D eigenvalue weighted by molar-refractivity contribution is 0.0878. The zero-order chi connectivity index (χ0) is 16.6. The second-order valence-corrected chi connectivity index (χ2v) is 7.22. The van der Waals surface area contributed by atoms with E-state index in [2.05, 4.69) is 15.4 Å². The Kier molecular flexibility index (Phi) is 3.82. The number of hydrogen-bond donors (Lipinski definition) is 2.